The number of imidazole rings is 1. The minimum Gasteiger partial charge on any atom is -0.484 e. The molecule has 3 N–H and O–H groups in total. The van der Waals surface area contributed by atoms with Crippen molar-refractivity contribution in [2.24, 2.45) is 5.73 Å². The maximum absolute atomic E-state index is 12.5. The first kappa shape index (κ1) is 37.4. The normalized spacial score (nSPS) is 12.4. The zero-order valence-corrected chi connectivity index (χ0v) is 30.4. The molecule has 2 atom stereocenters. The van der Waals surface area contributed by atoms with Crippen LogP contribution in [0.15, 0.2) is 82.7 Å². The Morgan fingerprint density at radius 2 is 1.67 bits per heavy atom. The number of nitrogens with two attached hydrogens (primary N) is 1. The molecule has 0 aliphatic rings. The number of ether oxygens (including phenoxy) is 3. The van der Waals surface area contributed by atoms with E-state index in [9.17, 15) is 9.59 Å². The number of carbonyl (C=O) groups excluding carboxylic acids is 2. The van der Waals surface area contributed by atoms with Gasteiger partial charge in [0.1, 0.15) is 28.4 Å². The van der Waals surface area contributed by atoms with E-state index in [0.29, 0.717) is 46.9 Å². The van der Waals surface area contributed by atoms with Gasteiger partial charge in [0, 0.05) is 21.5 Å². The number of hydrogen-bond donors (Lipinski definition) is 2. The Balaban J connectivity index is 1.55. The molecular formula is C34H39Cl2N4O6PS. The molecule has 1 heterocycles. The van der Waals surface area contributed by atoms with Crippen molar-refractivity contribution in [3.8, 4) is 11.5 Å². The molecular weight excluding hydrogens is 694 g/mol. The van der Waals surface area contributed by atoms with Crippen molar-refractivity contribution in [2.45, 2.75) is 69.1 Å². The monoisotopic (exact) mass is 732 g/mol. The van der Waals surface area contributed by atoms with Crippen LogP contribution in [0.5, 0.6) is 11.5 Å². The summed E-state index contributed by atoms with van der Waals surface area (Å²) in [6, 6.07) is 21.9. The second-order valence-electron chi connectivity index (χ2n) is 10.8. The number of carbonyl (C=O) groups is 2. The third-order valence-electron chi connectivity index (χ3n) is 6.82. The minimum atomic E-state index is -1.41. The molecule has 1 amide bonds. The molecule has 1 aromatic heterocycles. The summed E-state index contributed by atoms with van der Waals surface area (Å²) in [5, 5.41) is 5.20. The maximum atomic E-state index is 12.5. The van der Waals surface area contributed by atoms with E-state index in [-0.39, 0.29) is 24.8 Å². The van der Waals surface area contributed by atoms with E-state index in [1.165, 1.54) is 11.8 Å². The Kier molecular flexibility index (Phi) is 14.3. The van der Waals surface area contributed by atoms with Crippen LogP contribution >= 0.6 is 43.3 Å². The lowest BCUT2D eigenvalue weighted by molar-refractivity contribution is -0.145. The molecule has 0 radical (unpaired) electrons. The largest absolute Gasteiger partial charge is 0.484 e. The summed E-state index contributed by atoms with van der Waals surface area (Å²) in [6.07, 6.45) is -0.156. The Morgan fingerprint density at radius 3 is 2.27 bits per heavy atom. The molecule has 2 unspecified atom stereocenters. The Bertz CT molecular complexity index is 1640. The molecule has 0 bridgehead atoms. The van der Waals surface area contributed by atoms with Crippen molar-refractivity contribution in [3.05, 3.63) is 99.9 Å². The summed E-state index contributed by atoms with van der Waals surface area (Å²) in [7, 11) is -1.41. The molecule has 0 aliphatic carbocycles. The molecule has 0 aliphatic heterocycles. The van der Waals surface area contributed by atoms with Gasteiger partial charge in [0.2, 0.25) is 8.30 Å². The fraction of sp³-hybridized carbons (Fsp3) is 0.324. The third kappa shape index (κ3) is 11.0. The molecule has 4 rings (SSSR count). The van der Waals surface area contributed by atoms with Crippen molar-refractivity contribution in [2.75, 3.05) is 13.0 Å². The van der Waals surface area contributed by atoms with E-state index in [2.05, 4.69) is 5.09 Å². The van der Waals surface area contributed by atoms with E-state index in [1.807, 2.05) is 92.1 Å². The number of benzene rings is 3. The second-order valence-corrected chi connectivity index (χ2v) is 14.2. The number of halogens is 2. The van der Waals surface area contributed by atoms with Crippen LogP contribution in [0, 0.1) is 0 Å². The number of primary amides is 1. The van der Waals surface area contributed by atoms with Crippen LogP contribution in [-0.4, -0.2) is 40.6 Å². The predicted octanol–water partition coefficient (Wildman–Crippen LogP) is 8.77. The second kappa shape index (κ2) is 18.3. The van der Waals surface area contributed by atoms with Gasteiger partial charge in [-0.05, 0) is 67.3 Å². The number of hydrogen-bond acceptors (Lipinski definition) is 9. The Morgan fingerprint density at radius 1 is 0.979 bits per heavy atom. The maximum Gasteiger partial charge on any atom is 0.404 e. The summed E-state index contributed by atoms with van der Waals surface area (Å²) in [4.78, 5) is 29.7. The highest BCUT2D eigenvalue weighted by Gasteiger charge is 2.25. The molecule has 256 valence electrons. The van der Waals surface area contributed by atoms with Gasteiger partial charge in [-0.2, -0.15) is 0 Å². The highest BCUT2D eigenvalue weighted by Crippen LogP contribution is 2.38. The van der Waals surface area contributed by atoms with E-state index in [0.717, 1.165) is 21.2 Å². The first-order valence-electron chi connectivity index (χ1n) is 15.4. The highest BCUT2D eigenvalue weighted by molar-refractivity contribution is 7.99. The zero-order chi connectivity index (χ0) is 34.6. The van der Waals surface area contributed by atoms with E-state index in [4.69, 9.17) is 52.7 Å². The lowest BCUT2D eigenvalue weighted by Crippen LogP contribution is -2.36. The van der Waals surface area contributed by atoms with Gasteiger partial charge in [-0.1, -0.05) is 86.1 Å². The molecule has 3 aromatic carbocycles. The summed E-state index contributed by atoms with van der Waals surface area (Å²) < 4.78 is 24.7. The summed E-state index contributed by atoms with van der Waals surface area (Å²) in [5.74, 6) is 1.59. The van der Waals surface area contributed by atoms with Gasteiger partial charge in [0.15, 0.2) is 13.0 Å². The first-order chi connectivity index (χ1) is 23.1. The molecule has 0 fully saturated rings. The van der Waals surface area contributed by atoms with Crippen LogP contribution in [0.2, 0.25) is 10.0 Å². The summed E-state index contributed by atoms with van der Waals surface area (Å²) >= 11 is 14.1. The fourth-order valence-electron chi connectivity index (χ4n) is 4.53. The van der Waals surface area contributed by atoms with Gasteiger partial charge in [-0.25, -0.2) is 14.9 Å². The van der Waals surface area contributed by atoms with Gasteiger partial charge >= 0.3 is 12.1 Å². The van der Waals surface area contributed by atoms with Crippen molar-refractivity contribution in [3.63, 3.8) is 0 Å². The van der Waals surface area contributed by atoms with Gasteiger partial charge in [0.05, 0.1) is 12.3 Å². The third-order valence-corrected chi connectivity index (χ3v) is 9.74. The predicted molar refractivity (Wildman–Crippen MR) is 190 cm³/mol. The summed E-state index contributed by atoms with van der Waals surface area (Å²) in [5.41, 5.74) is 7.09. The smallest absolute Gasteiger partial charge is 0.404 e. The average Bonchev–Trinajstić information content (AvgIpc) is 3.38. The average molecular weight is 734 g/mol. The van der Waals surface area contributed by atoms with Gasteiger partial charge in [0.25, 0.3) is 0 Å². The topological polar surface area (TPSA) is 127 Å². The van der Waals surface area contributed by atoms with Gasteiger partial charge in [-0.3, -0.25) is 4.79 Å². The summed E-state index contributed by atoms with van der Waals surface area (Å²) in [6.45, 7) is 8.42. The number of esters is 1. The Labute approximate surface area is 296 Å². The van der Waals surface area contributed by atoms with Crippen molar-refractivity contribution < 1.29 is 28.3 Å². The SMILES string of the molecule is CCOC(=O)C(CC)NP(COc1ccc(Cn2c(COC(N)=O)nc(C(C)C)c2Sc2cc(Cl)cc(Cl)c2)cc1)Oc1ccccc1. The van der Waals surface area contributed by atoms with Crippen molar-refractivity contribution >= 4 is 55.3 Å². The van der Waals surface area contributed by atoms with Crippen LogP contribution in [0.3, 0.4) is 0 Å². The van der Waals surface area contributed by atoms with Gasteiger partial charge in [-0.15, -0.1) is 0 Å². The standard InChI is InChI=1S/C34H39Cl2N4O6PS/c1-5-29(33(41)43-6-2)39-47(46-27-10-8-7-9-11-27)21-45-26-14-12-23(13-15-26)19-40-30(20-44-34(37)42)38-31(22(3)4)32(40)48-28-17-24(35)16-25(36)18-28/h7-18,22,29,39H,5-6,19-21H2,1-4H3,(H2,37,42). The molecule has 4 aromatic rings. The number of amides is 1. The highest BCUT2D eigenvalue weighted by atomic mass is 35.5. The van der Waals surface area contributed by atoms with Crippen LogP contribution in [0.25, 0.3) is 0 Å². The molecule has 48 heavy (non-hydrogen) atoms. The van der Waals surface area contributed by atoms with Crippen molar-refractivity contribution in [1.82, 2.24) is 14.6 Å². The van der Waals surface area contributed by atoms with Crippen LogP contribution in [0.1, 0.15) is 57.1 Å². The zero-order valence-electron chi connectivity index (χ0n) is 27.2. The molecule has 0 saturated carbocycles. The van der Waals surface area contributed by atoms with E-state index >= 15 is 0 Å². The number of nitrogens with one attached hydrogen (secondary N) is 1. The van der Waals surface area contributed by atoms with Crippen molar-refractivity contribution in [1.29, 1.82) is 0 Å². The number of aromatic nitrogens is 2. The van der Waals surface area contributed by atoms with E-state index in [1.54, 1.807) is 13.0 Å². The number of nitrogens with zero attached hydrogens (tertiary/aromatic N) is 2. The number of para-hydroxylation sites is 1. The molecule has 14 heteroatoms. The minimum absolute atomic E-state index is 0.0734. The van der Waals surface area contributed by atoms with Gasteiger partial charge < -0.3 is 29.0 Å². The molecule has 10 nitrogen and oxygen atoms in total. The lowest BCUT2D eigenvalue weighted by Gasteiger charge is -2.24. The quantitative estimate of drug-likeness (QED) is 0.0809. The van der Waals surface area contributed by atoms with E-state index < -0.39 is 20.4 Å². The van der Waals surface area contributed by atoms with Crippen LogP contribution in [-0.2, 0) is 27.4 Å². The van der Waals surface area contributed by atoms with Crippen LogP contribution < -0.4 is 20.1 Å². The van der Waals surface area contributed by atoms with Crippen LogP contribution in [0.4, 0.5) is 4.79 Å². The fourth-order valence-corrected chi connectivity index (χ4v) is 7.90. The molecule has 0 saturated heterocycles. The number of rotatable bonds is 17. The first-order valence-corrected chi connectivity index (χ1v) is 18.4. The molecule has 0 spiro atoms. The lowest BCUT2D eigenvalue weighted by atomic mass is 10.1. The Hall–Kier alpha value is -3.47.